The smallest absolute Gasteiger partial charge is 0.110 e. The number of thiazole rings is 1. The molecule has 0 aromatic carbocycles. The van der Waals surface area contributed by atoms with Crippen LogP contribution in [-0.2, 0) is 0 Å². The summed E-state index contributed by atoms with van der Waals surface area (Å²) in [5.74, 6) is 0. The van der Waals surface area contributed by atoms with E-state index in [1.54, 1.807) is 16.9 Å². The summed E-state index contributed by atoms with van der Waals surface area (Å²) in [7, 11) is 0. The Bertz CT molecular complexity index is 320. The van der Waals surface area contributed by atoms with Crippen molar-refractivity contribution in [2.75, 3.05) is 6.54 Å². The molecule has 2 nitrogen and oxygen atoms in total. The number of aromatic nitrogens is 1. The van der Waals surface area contributed by atoms with Crippen molar-refractivity contribution in [3.8, 4) is 0 Å². The summed E-state index contributed by atoms with van der Waals surface area (Å²) in [4.78, 5) is 4.42. The summed E-state index contributed by atoms with van der Waals surface area (Å²) in [6, 6.07) is 0.292. The minimum Gasteiger partial charge on any atom is -0.304 e. The molecule has 1 aromatic rings. The average Bonchev–Trinajstić information content (AvgIpc) is 2.60. The van der Waals surface area contributed by atoms with Gasteiger partial charge in [-0.05, 0) is 26.3 Å². The SMILES string of the molecule is CC(=CCl)CNC(C)c1nc(C)cs1. The van der Waals surface area contributed by atoms with Crippen LogP contribution in [0, 0.1) is 6.92 Å². The molecule has 0 spiro atoms. The Morgan fingerprint density at radius 2 is 2.50 bits per heavy atom. The molecule has 1 N–H and O–H groups in total. The maximum Gasteiger partial charge on any atom is 0.110 e. The monoisotopic (exact) mass is 230 g/mol. The molecule has 1 atom stereocenters. The predicted molar refractivity (Wildman–Crippen MR) is 62.9 cm³/mol. The molecule has 14 heavy (non-hydrogen) atoms. The molecule has 0 aliphatic heterocycles. The molecular weight excluding hydrogens is 216 g/mol. The van der Waals surface area contributed by atoms with Gasteiger partial charge in [0.2, 0.25) is 0 Å². The van der Waals surface area contributed by atoms with E-state index in [4.69, 9.17) is 11.6 Å². The Morgan fingerprint density at radius 3 is 3.00 bits per heavy atom. The topological polar surface area (TPSA) is 24.9 Å². The second kappa shape index (κ2) is 5.49. The van der Waals surface area contributed by atoms with Crippen LogP contribution in [0.3, 0.4) is 0 Å². The fraction of sp³-hybridized carbons (Fsp3) is 0.500. The van der Waals surface area contributed by atoms with Gasteiger partial charge in [0.1, 0.15) is 5.01 Å². The number of rotatable bonds is 4. The summed E-state index contributed by atoms with van der Waals surface area (Å²) in [6.45, 7) is 6.93. The van der Waals surface area contributed by atoms with Crippen LogP contribution in [0.1, 0.15) is 30.6 Å². The fourth-order valence-electron chi connectivity index (χ4n) is 1.01. The van der Waals surface area contributed by atoms with Gasteiger partial charge in [0.05, 0.1) is 6.04 Å². The largest absolute Gasteiger partial charge is 0.304 e. The van der Waals surface area contributed by atoms with Crippen molar-refractivity contribution in [2.45, 2.75) is 26.8 Å². The second-order valence-electron chi connectivity index (χ2n) is 3.39. The third kappa shape index (κ3) is 3.40. The van der Waals surface area contributed by atoms with Crippen LogP contribution in [0.25, 0.3) is 0 Å². The van der Waals surface area contributed by atoms with Crippen molar-refractivity contribution < 1.29 is 0 Å². The maximum absolute atomic E-state index is 5.57. The molecule has 1 unspecified atom stereocenters. The van der Waals surface area contributed by atoms with E-state index in [2.05, 4.69) is 22.6 Å². The lowest BCUT2D eigenvalue weighted by Gasteiger charge is -2.10. The molecule has 0 aliphatic rings. The van der Waals surface area contributed by atoms with Gasteiger partial charge >= 0.3 is 0 Å². The number of hydrogen-bond acceptors (Lipinski definition) is 3. The Morgan fingerprint density at radius 1 is 1.79 bits per heavy atom. The van der Waals surface area contributed by atoms with Crippen LogP contribution < -0.4 is 5.32 Å². The van der Waals surface area contributed by atoms with Crippen LogP contribution in [0.15, 0.2) is 16.5 Å². The molecule has 0 fully saturated rings. The molecule has 0 aliphatic carbocycles. The molecular formula is C10H15ClN2S. The molecule has 1 rings (SSSR count). The Balaban J connectivity index is 2.47. The van der Waals surface area contributed by atoms with Crippen LogP contribution in [0.5, 0.6) is 0 Å². The van der Waals surface area contributed by atoms with Gasteiger partial charge in [0, 0.05) is 23.2 Å². The first-order valence-electron chi connectivity index (χ1n) is 4.54. The number of nitrogens with zero attached hydrogens (tertiary/aromatic N) is 1. The van der Waals surface area contributed by atoms with E-state index in [-0.39, 0.29) is 0 Å². The summed E-state index contributed by atoms with van der Waals surface area (Å²) >= 11 is 7.26. The molecule has 0 radical (unpaired) electrons. The highest BCUT2D eigenvalue weighted by molar-refractivity contribution is 7.09. The molecule has 1 heterocycles. The lowest BCUT2D eigenvalue weighted by atomic mass is 10.3. The van der Waals surface area contributed by atoms with Crippen LogP contribution in [-0.4, -0.2) is 11.5 Å². The number of nitrogens with one attached hydrogen (secondary N) is 1. The molecule has 4 heteroatoms. The van der Waals surface area contributed by atoms with E-state index < -0.39 is 0 Å². The minimum atomic E-state index is 0.292. The van der Waals surface area contributed by atoms with E-state index >= 15 is 0 Å². The van der Waals surface area contributed by atoms with E-state index in [9.17, 15) is 0 Å². The third-order valence-corrected chi connectivity index (χ3v) is 3.40. The quantitative estimate of drug-likeness (QED) is 0.859. The summed E-state index contributed by atoms with van der Waals surface area (Å²) < 4.78 is 0. The van der Waals surface area contributed by atoms with Crippen molar-refractivity contribution in [3.63, 3.8) is 0 Å². The van der Waals surface area contributed by atoms with Gasteiger partial charge in [-0.2, -0.15) is 0 Å². The maximum atomic E-state index is 5.57. The van der Waals surface area contributed by atoms with Gasteiger partial charge in [-0.25, -0.2) is 4.98 Å². The van der Waals surface area contributed by atoms with E-state index in [0.29, 0.717) is 6.04 Å². The number of aryl methyl sites for hydroxylation is 1. The molecule has 0 saturated carbocycles. The molecule has 0 bridgehead atoms. The summed E-state index contributed by atoms with van der Waals surface area (Å²) in [5, 5.41) is 6.55. The zero-order chi connectivity index (χ0) is 10.6. The molecule has 0 saturated heterocycles. The zero-order valence-electron chi connectivity index (χ0n) is 8.67. The molecule has 78 valence electrons. The van der Waals surface area contributed by atoms with Crippen molar-refractivity contribution >= 4 is 22.9 Å². The van der Waals surface area contributed by atoms with Gasteiger partial charge in [-0.3, -0.25) is 0 Å². The average molecular weight is 231 g/mol. The zero-order valence-corrected chi connectivity index (χ0v) is 10.2. The van der Waals surface area contributed by atoms with E-state index in [0.717, 1.165) is 22.8 Å². The van der Waals surface area contributed by atoms with Crippen LogP contribution >= 0.6 is 22.9 Å². The van der Waals surface area contributed by atoms with Gasteiger partial charge in [0.15, 0.2) is 0 Å². The second-order valence-corrected chi connectivity index (χ2v) is 4.49. The normalized spacial score (nSPS) is 14.4. The predicted octanol–water partition coefficient (Wildman–Crippen LogP) is 3.24. The first kappa shape index (κ1) is 11.7. The van der Waals surface area contributed by atoms with Gasteiger partial charge in [-0.15, -0.1) is 11.3 Å². The molecule has 1 aromatic heterocycles. The highest BCUT2D eigenvalue weighted by Gasteiger charge is 2.07. The van der Waals surface area contributed by atoms with E-state index in [1.807, 2.05) is 13.8 Å². The Hall–Kier alpha value is -0.380. The van der Waals surface area contributed by atoms with Crippen molar-refractivity contribution in [1.82, 2.24) is 10.3 Å². The van der Waals surface area contributed by atoms with Gasteiger partial charge in [-0.1, -0.05) is 11.6 Å². The van der Waals surface area contributed by atoms with Crippen LogP contribution in [0.2, 0.25) is 0 Å². The standard InChI is InChI=1S/C10H15ClN2S/c1-7(4-11)5-12-9(3)10-13-8(2)6-14-10/h4,6,9,12H,5H2,1-3H3. The highest BCUT2D eigenvalue weighted by Crippen LogP contribution is 2.17. The fourth-order valence-corrected chi connectivity index (χ4v) is 1.92. The van der Waals surface area contributed by atoms with Crippen LogP contribution in [0.4, 0.5) is 0 Å². The minimum absolute atomic E-state index is 0.292. The number of halogens is 1. The number of hydrogen-bond donors (Lipinski definition) is 1. The molecule has 0 amide bonds. The van der Waals surface area contributed by atoms with Gasteiger partial charge in [0.25, 0.3) is 0 Å². The first-order valence-corrected chi connectivity index (χ1v) is 5.86. The first-order chi connectivity index (χ1) is 6.63. The van der Waals surface area contributed by atoms with Crippen molar-refractivity contribution in [2.24, 2.45) is 0 Å². The van der Waals surface area contributed by atoms with Crippen molar-refractivity contribution in [1.29, 1.82) is 0 Å². The van der Waals surface area contributed by atoms with E-state index in [1.165, 1.54) is 0 Å². The lowest BCUT2D eigenvalue weighted by Crippen LogP contribution is -2.20. The Kier molecular flexibility index (Phi) is 4.58. The third-order valence-electron chi connectivity index (χ3n) is 1.88. The van der Waals surface area contributed by atoms with Crippen molar-refractivity contribution in [3.05, 3.63) is 27.2 Å². The summed E-state index contributed by atoms with van der Waals surface area (Å²) in [5.41, 5.74) is 3.82. The summed E-state index contributed by atoms with van der Waals surface area (Å²) in [6.07, 6.45) is 0. The Labute approximate surface area is 94.0 Å². The highest BCUT2D eigenvalue weighted by atomic mass is 35.5. The van der Waals surface area contributed by atoms with Gasteiger partial charge < -0.3 is 5.32 Å². The lowest BCUT2D eigenvalue weighted by molar-refractivity contribution is 0.603.